The van der Waals surface area contributed by atoms with Gasteiger partial charge in [-0.15, -0.1) is 0 Å². The summed E-state index contributed by atoms with van der Waals surface area (Å²) in [4.78, 5) is 67.9. The summed E-state index contributed by atoms with van der Waals surface area (Å²) in [5.74, 6) is -4.82. The summed E-state index contributed by atoms with van der Waals surface area (Å²) in [6, 6.07) is 0. The molecule has 0 aliphatic rings. The Hall–Kier alpha value is -2.82. The first-order valence-corrected chi connectivity index (χ1v) is 13.9. The molecule has 0 saturated carbocycles. The maximum absolute atomic E-state index is 11.5. The number of carbonyl (C=O) groups is 6. The summed E-state index contributed by atoms with van der Waals surface area (Å²) in [6.07, 6.45) is -5.38. The lowest BCUT2D eigenvalue weighted by Crippen LogP contribution is -2.49. The molecule has 0 aromatic heterocycles. The molecule has 0 aliphatic carbocycles. The fourth-order valence-corrected chi connectivity index (χ4v) is 2.98. The predicted octanol–water partition coefficient (Wildman–Crippen LogP) is -0.775. The van der Waals surface area contributed by atoms with E-state index in [1.807, 2.05) is 0 Å². The van der Waals surface area contributed by atoms with Gasteiger partial charge in [-0.2, -0.15) is 0 Å². The highest BCUT2D eigenvalue weighted by atomic mass is 16.6. The number of hydrogen-bond donors (Lipinski definition) is 3. The van der Waals surface area contributed by atoms with Gasteiger partial charge in [-0.3, -0.25) is 14.4 Å². The first-order valence-electron chi connectivity index (χ1n) is 13.9. The number of aliphatic hydroxyl groups excluding tert-OH is 3. The SMILES string of the molecule is CCC(=O)C(=O)OCCCOCC(O)C(O)C(O)C(COCCCOC(=O)C(=O)CC)OCCCOC(=O)C(=O)CC. The van der Waals surface area contributed by atoms with Crippen LogP contribution in [0.25, 0.3) is 0 Å². The van der Waals surface area contributed by atoms with Crippen molar-refractivity contribution in [3.05, 3.63) is 0 Å². The first-order chi connectivity index (χ1) is 20.0. The van der Waals surface area contributed by atoms with E-state index >= 15 is 0 Å². The summed E-state index contributed by atoms with van der Waals surface area (Å²) < 4.78 is 30.6. The minimum absolute atomic E-state index is 0.00635. The average Bonchev–Trinajstić information content (AvgIpc) is 3.00. The second-order valence-electron chi connectivity index (χ2n) is 8.91. The summed E-state index contributed by atoms with van der Waals surface area (Å²) in [6.45, 7) is 3.70. The third-order valence-electron chi connectivity index (χ3n) is 5.53. The van der Waals surface area contributed by atoms with E-state index in [0.717, 1.165) is 0 Å². The van der Waals surface area contributed by atoms with Crippen LogP contribution in [0.2, 0.25) is 0 Å². The number of rotatable bonds is 26. The zero-order valence-electron chi connectivity index (χ0n) is 24.4. The Bertz CT molecular complexity index is 843. The highest BCUT2D eigenvalue weighted by molar-refractivity contribution is 6.34. The van der Waals surface area contributed by atoms with E-state index in [1.165, 1.54) is 20.8 Å². The lowest BCUT2D eigenvalue weighted by atomic mass is 10.0. The number of esters is 3. The molecule has 0 radical (unpaired) electrons. The van der Waals surface area contributed by atoms with Crippen molar-refractivity contribution in [2.45, 2.75) is 83.7 Å². The lowest BCUT2D eigenvalue weighted by molar-refractivity contribution is -0.158. The average molecular weight is 609 g/mol. The molecule has 3 N–H and O–H groups in total. The predicted molar refractivity (Wildman–Crippen MR) is 142 cm³/mol. The van der Waals surface area contributed by atoms with Crippen LogP contribution < -0.4 is 0 Å². The van der Waals surface area contributed by atoms with E-state index in [-0.39, 0.29) is 91.4 Å². The topological polar surface area (TPSA) is 218 Å². The molecule has 0 bridgehead atoms. The van der Waals surface area contributed by atoms with E-state index in [9.17, 15) is 44.1 Å². The van der Waals surface area contributed by atoms with Crippen molar-refractivity contribution >= 4 is 35.3 Å². The number of ether oxygens (including phenoxy) is 6. The second kappa shape index (κ2) is 23.7. The van der Waals surface area contributed by atoms with Gasteiger partial charge in [0.25, 0.3) is 0 Å². The molecule has 0 aromatic carbocycles. The van der Waals surface area contributed by atoms with Crippen molar-refractivity contribution in [1.29, 1.82) is 0 Å². The Morgan fingerprint density at radius 1 is 0.524 bits per heavy atom. The van der Waals surface area contributed by atoms with E-state index in [1.54, 1.807) is 0 Å². The Labute approximate surface area is 244 Å². The quantitative estimate of drug-likeness (QED) is 0.0475. The maximum atomic E-state index is 11.5. The van der Waals surface area contributed by atoms with E-state index in [2.05, 4.69) is 0 Å². The molecule has 0 saturated heterocycles. The minimum atomic E-state index is -1.72. The molecule has 0 aromatic rings. The molecule has 15 heteroatoms. The van der Waals surface area contributed by atoms with E-state index in [4.69, 9.17) is 28.4 Å². The molecular weight excluding hydrogens is 564 g/mol. The Kier molecular flexibility index (Phi) is 22.1. The Morgan fingerprint density at radius 3 is 1.31 bits per heavy atom. The van der Waals surface area contributed by atoms with Gasteiger partial charge in [0, 0.05) is 51.7 Å². The van der Waals surface area contributed by atoms with Gasteiger partial charge in [-0.05, 0) is 0 Å². The van der Waals surface area contributed by atoms with Crippen molar-refractivity contribution in [2.75, 3.05) is 52.9 Å². The molecule has 4 unspecified atom stereocenters. The minimum Gasteiger partial charge on any atom is -0.460 e. The standard InChI is InChI=1S/C27H44O15/c1-4-18(28)25(34)40-13-7-10-37-16-21(31)23(32)24(33)22(39-12-9-15-42-27(36)20(30)6-3)17-38-11-8-14-41-26(35)19(29)5-2/h21-24,31-33H,4-17H2,1-3H3. The molecule has 0 rings (SSSR count). The van der Waals surface area contributed by atoms with Crippen molar-refractivity contribution in [3.8, 4) is 0 Å². The molecular formula is C27H44O15. The zero-order valence-corrected chi connectivity index (χ0v) is 24.4. The van der Waals surface area contributed by atoms with Gasteiger partial charge in [0.1, 0.15) is 24.4 Å². The molecule has 0 amide bonds. The van der Waals surface area contributed by atoms with Gasteiger partial charge >= 0.3 is 17.9 Å². The summed E-state index contributed by atoms with van der Waals surface area (Å²) >= 11 is 0. The largest absolute Gasteiger partial charge is 0.460 e. The van der Waals surface area contributed by atoms with Gasteiger partial charge in [0.05, 0.1) is 39.6 Å². The van der Waals surface area contributed by atoms with E-state index in [0.29, 0.717) is 0 Å². The van der Waals surface area contributed by atoms with Gasteiger partial charge in [-0.25, -0.2) is 14.4 Å². The molecule has 0 heterocycles. The number of Topliss-reactive ketones (excluding diaryl/α,β-unsaturated/α-hetero) is 3. The van der Waals surface area contributed by atoms with Crippen molar-refractivity contribution in [2.24, 2.45) is 0 Å². The molecule has 42 heavy (non-hydrogen) atoms. The monoisotopic (exact) mass is 608 g/mol. The summed E-state index contributed by atoms with van der Waals surface area (Å²) in [5, 5.41) is 31.3. The van der Waals surface area contributed by atoms with Gasteiger partial charge < -0.3 is 43.7 Å². The molecule has 4 atom stereocenters. The third kappa shape index (κ3) is 17.2. The van der Waals surface area contributed by atoms with Crippen LogP contribution in [0, 0.1) is 0 Å². The fraction of sp³-hybridized carbons (Fsp3) is 0.778. The number of aliphatic hydroxyl groups is 3. The van der Waals surface area contributed by atoms with Gasteiger partial charge in [0.15, 0.2) is 0 Å². The highest BCUT2D eigenvalue weighted by Crippen LogP contribution is 2.11. The zero-order chi connectivity index (χ0) is 31.9. The van der Waals surface area contributed by atoms with Crippen LogP contribution >= 0.6 is 0 Å². The van der Waals surface area contributed by atoms with Crippen molar-refractivity contribution in [3.63, 3.8) is 0 Å². The second-order valence-corrected chi connectivity index (χ2v) is 8.91. The highest BCUT2D eigenvalue weighted by Gasteiger charge is 2.32. The number of hydrogen-bond acceptors (Lipinski definition) is 15. The number of carbonyl (C=O) groups excluding carboxylic acids is 6. The molecule has 242 valence electrons. The maximum Gasteiger partial charge on any atom is 0.374 e. The summed E-state index contributed by atoms with van der Waals surface area (Å²) in [7, 11) is 0. The fourth-order valence-electron chi connectivity index (χ4n) is 2.98. The number of ketones is 3. The first kappa shape index (κ1) is 39.2. The smallest absolute Gasteiger partial charge is 0.374 e. The van der Waals surface area contributed by atoms with Crippen molar-refractivity contribution < 1.29 is 72.5 Å². The van der Waals surface area contributed by atoms with Gasteiger partial charge in [0.2, 0.25) is 17.3 Å². The van der Waals surface area contributed by atoms with Crippen LogP contribution in [0.15, 0.2) is 0 Å². The van der Waals surface area contributed by atoms with Crippen molar-refractivity contribution in [1.82, 2.24) is 0 Å². The Balaban J connectivity index is 4.71. The van der Waals surface area contributed by atoms with Crippen LogP contribution in [0.3, 0.4) is 0 Å². The molecule has 0 fully saturated rings. The van der Waals surface area contributed by atoms with Crippen LogP contribution in [0.5, 0.6) is 0 Å². The third-order valence-corrected chi connectivity index (χ3v) is 5.53. The van der Waals surface area contributed by atoms with Crippen LogP contribution in [-0.4, -0.2) is 128 Å². The Morgan fingerprint density at radius 2 is 0.905 bits per heavy atom. The normalized spacial score (nSPS) is 13.9. The van der Waals surface area contributed by atoms with E-state index < -0.39 is 59.7 Å². The molecule has 0 aliphatic heterocycles. The molecule has 0 spiro atoms. The van der Waals surface area contributed by atoms with Crippen LogP contribution in [-0.2, 0) is 57.2 Å². The van der Waals surface area contributed by atoms with Gasteiger partial charge in [-0.1, -0.05) is 20.8 Å². The van der Waals surface area contributed by atoms with Crippen LogP contribution in [0.1, 0.15) is 59.3 Å². The lowest BCUT2D eigenvalue weighted by Gasteiger charge is -2.29. The van der Waals surface area contributed by atoms with Crippen LogP contribution in [0.4, 0.5) is 0 Å². The molecule has 15 nitrogen and oxygen atoms in total. The summed E-state index contributed by atoms with van der Waals surface area (Å²) in [5.41, 5.74) is 0.